The number of carbonyl (C=O) groups is 2. The molecule has 1 aromatic rings. The van der Waals surface area contributed by atoms with Gasteiger partial charge in [0.05, 0.1) is 13.7 Å². The molecule has 2 aliphatic heterocycles. The molecule has 33 heavy (non-hydrogen) atoms. The molecule has 1 aromatic carbocycles. The smallest absolute Gasteiger partial charge is 0.410 e. The van der Waals surface area contributed by atoms with Gasteiger partial charge in [-0.15, -0.1) is 0 Å². The first kappa shape index (κ1) is 25.5. The third-order valence-corrected chi connectivity index (χ3v) is 6.60. The van der Waals surface area contributed by atoms with Crippen LogP contribution in [0.3, 0.4) is 0 Å². The highest BCUT2D eigenvalue weighted by Gasteiger charge is 2.40. The number of nitrogens with zero attached hydrogens (tertiary/aromatic N) is 2. The molecule has 0 bridgehead atoms. The van der Waals surface area contributed by atoms with Crippen molar-refractivity contribution in [2.45, 2.75) is 83.8 Å². The van der Waals surface area contributed by atoms with Crippen LogP contribution in [-0.4, -0.2) is 72.4 Å². The average Bonchev–Trinajstić information content (AvgIpc) is 3.23. The second kappa shape index (κ2) is 11.3. The third-order valence-electron chi connectivity index (χ3n) is 6.60. The molecule has 3 rings (SSSR count). The van der Waals surface area contributed by atoms with E-state index in [0.29, 0.717) is 38.1 Å². The van der Waals surface area contributed by atoms with Crippen molar-refractivity contribution in [1.82, 2.24) is 9.80 Å². The minimum atomic E-state index is -0.585. The Morgan fingerprint density at radius 1 is 1.12 bits per heavy atom. The highest BCUT2D eigenvalue weighted by atomic mass is 16.6. The fourth-order valence-electron chi connectivity index (χ4n) is 5.05. The lowest BCUT2D eigenvalue weighted by Gasteiger charge is -2.44. The lowest BCUT2D eigenvalue weighted by molar-refractivity contribution is -0.156. The lowest BCUT2D eigenvalue weighted by Crippen LogP contribution is -2.54. The SMILES string of the molecule is COC(=O)C(CC1CCCN1C1CCN(C(=O)OC(C)(C)C)CC1C)OCc1ccccc1. The first-order valence-corrected chi connectivity index (χ1v) is 12.1. The van der Waals surface area contributed by atoms with E-state index in [-0.39, 0.29) is 18.1 Å². The van der Waals surface area contributed by atoms with Crippen molar-refractivity contribution in [2.75, 3.05) is 26.7 Å². The topological polar surface area (TPSA) is 68.3 Å². The predicted octanol–water partition coefficient (Wildman–Crippen LogP) is 4.24. The van der Waals surface area contributed by atoms with Crippen LogP contribution in [0.2, 0.25) is 0 Å². The van der Waals surface area contributed by atoms with E-state index < -0.39 is 11.7 Å². The van der Waals surface area contributed by atoms with Gasteiger partial charge in [-0.1, -0.05) is 37.3 Å². The van der Waals surface area contributed by atoms with E-state index in [0.717, 1.165) is 31.4 Å². The van der Waals surface area contributed by atoms with Crippen molar-refractivity contribution in [3.8, 4) is 0 Å². The molecule has 0 saturated carbocycles. The molecule has 2 aliphatic rings. The van der Waals surface area contributed by atoms with Crippen LogP contribution < -0.4 is 0 Å². The summed E-state index contributed by atoms with van der Waals surface area (Å²) >= 11 is 0. The van der Waals surface area contributed by atoms with Gasteiger partial charge in [0, 0.05) is 25.2 Å². The zero-order valence-corrected chi connectivity index (χ0v) is 20.8. The van der Waals surface area contributed by atoms with Gasteiger partial charge in [-0.05, 0) is 64.5 Å². The van der Waals surface area contributed by atoms with Gasteiger partial charge < -0.3 is 19.1 Å². The first-order chi connectivity index (χ1) is 15.7. The molecule has 184 valence electrons. The van der Waals surface area contributed by atoms with Gasteiger partial charge in [0.2, 0.25) is 0 Å². The van der Waals surface area contributed by atoms with Crippen LogP contribution in [0, 0.1) is 5.92 Å². The van der Waals surface area contributed by atoms with E-state index >= 15 is 0 Å². The van der Waals surface area contributed by atoms with E-state index in [4.69, 9.17) is 14.2 Å². The Kier molecular flexibility index (Phi) is 8.76. The number of rotatable bonds is 7. The van der Waals surface area contributed by atoms with Crippen LogP contribution >= 0.6 is 0 Å². The number of hydrogen-bond acceptors (Lipinski definition) is 6. The Hall–Kier alpha value is -2.12. The molecule has 4 unspecified atom stereocenters. The summed E-state index contributed by atoms with van der Waals surface area (Å²) in [4.78, 5) is 29.4. The third kappa shape index (κ3) is 7.18. The second-order valence-electron chi connectivity index (χ2n) is 10.3. The van der Waals surface area contributed by atoms with Crippen LogP contribution in [0.15, 0.2) is 30.3 Å². The van der Waals surface area contributed by atoms with Gasteiger partial charge in [0.15, 0.2) is 6.10 Å². The van der Waals surface area contributed by atoms with Crippen molar-refractivity contribution in [1.29, 1.82) is 0 Å². The number of benzene rings is 1. The Labute approximate surface area is 198 Å². The van der Waals surface area contributed by atoms with Gasteiger partial charge in [-0.25, -0.2) is 9.59 Å². The zero-order chi connectivity index (χ0) is 24.0. The fraction of sp³-hybridized carbons (Fsp3) is 0.692. The first-order valence-electron chi connectivity index (χ1n) is 12.1. The molecule has 0 radical (unpaired) electrons. The highest BCUT2D eigenvalue weighted by molar-refractivity contribution is 5.74. The molecule has 0 aliphatic carbocycles. The quantitative estimate of drug-likeness (QED) is 0.567. The summed E-state index contributed by atoms with van der Waals surface area (Å²) in [6, 6.07) is 10.5. The number of piperidine rings is 1. The molecule has 7 nitrogen and oxygen atoms in total. The summed E-state index contributed by atoms with van der Waals surface area (Å²) in [6.45, 7) is 10.7. The molecule has 2 fully saturated rings. The van der Waals surface area contributed by atoms with Gasteiger partial charge >= 0.3 is 12.1 Å². The molecule has 0 aromatic heterocycles. The number of esters is 1. The molecule has 7 heteroatoms. The molecule has 0 N–H and O–H groups in total. The normalized spacial score (nSPS) is 25.0. The van der Waals surface area contributed by atoms with Crippen molar-refractivity contribution in [3.05, 3.63) is 35.9 Å². The van der Waals surface area contributed by atoms with Crippen LogP contribution in [0.5, 0.6) is 0 Å². The van der Waals surface area contributed by atoms with E-state index in [1.54, 1.807) is 0 Å². The summed E-state index contributed by atoms with van der Waals surface area (Å²) < 4.78 is 16.6. The number of methoxy groups -OCH3 is 1. The van der Waals surface area contributed by atoms with E-state index in [1.165, 1.54) is 7.11 Å². The number of amides is 1. The van der Waals surface area contributed by atoms with E-state index in [1.807, 2.05) is 56.0 Å². The molecular formula is C26H40N2O5. The molecule has 0 spiro atoms. The van der Waals surface area contributed by atoms with Crippen molar-refractivity contribution in [2.24, 2.45) is 5.92 Å². The number of likely N-dealkylation sites (tertiary alicyclic amines) is 2. The monoisotopic (exact) mass is 460 g/mol. The summed E-state index contributed by atoms with van der Waals surface area (Å²) in [5, 5.41) is 0. The molecule has 2 saturated heterocycles. The van der Waals surface area contributed by atoms with Crippen molar-refractivity contribution < 1.29 is 23.8 Å². The van der Waals surface area contributed by atoms with Crippen LogP contribution in [-0.2, 0) is 25.6 Å². The Bertz CT molecular complexity index is 779. The Balaban J connectivity index is 1.59. The van der Waals surface area contributed by atoms with Crippen LogP contribution in [0.1, 0.15) is 58.9 Å². The van der Waals surface area contributed by atoms with Gasteiger partial charge in [-0.2, -0.15) is 0 Å². The predicted molar refractivity (Wildman–Crippen MR) is 127 cm³/mol. The zero-order valence-electron chi connectivity index (χ0n) is 20.8. The van der Waals surface area contributed by atoms with Crippen LogP contribution in [0.4, 0.5) is 4.79 Å². The molecular weight excluding hydrogens is 420 g/mol. The number of hydrogen-bond donors (Lipinski definition) is 0. The van der Waals surface area contributed by atoms with Gasteiger partial charge in [-0.3, -0.25) is 4.90 Å². The second-order valence-corrected chi connectivity index (χ2v) is 10.3. The largest absolute Gasteiger partial charge is 0.467 e. The van der Waals surface area contributed by atoms with Gasteiger partial charge in [0.1, 0.15) is 5.60 Å². The summed E-state index contributed by atoms with van der Waals surface area (Å²) in [5.41, 5.74) is 0.553. The van der Waals surface area contributed by atoms with E-state index in [9.17, 15) is 9.59 Å². The van der Waals surface area contributed by atoms with Crippen LogP contribution in [0.25, 0.3) is 0 Å². The fourth-order valence-corrected chi connectivity index (χ4v) is 5.05. The minimum absolute atomic E-state index is 0.231. The maximum atomic E-state index is 12.5. The molecule has 4 atom stereocenters. The average molecular weight is 461 g/mol. The standard InChI is InChI=1S/C26H40N2O5/c1-19-17-27(25(30)33-26(2,3)4)15-13-22(19)28-14-9-12-21(28)16-23(24(29)31-5)32-18-20-10-7-6-8-11-20/h6-8,10-11,19,21-23H,9,12-18H2,1-5H3. The molecule has 1 amide bonds. The maximum Gasteiger partial charge on any atom is 0.410 e. The number of carbonyl (C=O) groups excluding carboxylic acids is 2. The summed E-state index contributed by atoms with van der Waals surface area (Å²) in [5.74, 6) is 0.0132. The highest BCUT2D eigenvalue weighted by Crippen LogP contribution is 2.32. The summed E-state index contributed by atoms with van der Waals surface area (Å²) in [7, 11) is 1.42. The minimum Gasteiger partial charge on any atom is -0.467 e. The Morgan fingerprint density at radius 3 is 2.48 bits per heavy atom. The van der Waals surface area contributed by atoms with Crippen molar-refractivity contribution >= 4 is 12.1 Å². The molecule has 2 heterocycles. The lowest BCUT2D eigenvalue weighted by atomic mass is 9.91. The van der Waals surface area contributed by atoms with E-state index in [2.05, 4.69) is 11.8 Å². The maximum absolute atomic E-state index is 12.5. The number of ether oxygens (including phenoxy) is 3. The van der Waals surface area contributed by atoms with Crippen molar-refractivity contribution in [3.63, 3.8) is 0 Å². The summed E-state index contributed by atoms with van der Waals surface area (Å²) in [6.07, 6.45) is 2.87. The Morgan fingerprint density at radius 2 is 1.85 bits per heavy atom. The van der Waals surface area contributed by atoms with Gasteiger partial charge in [0.25, 0.3) is 0 Å².